The second-order valence-corrected chi connectivity index (χ2v) is 6.76. The van der Waals surface area contributed by atoms with Crippen molar-refractivity contribution in [1.82, 2.24) is 4.72 Å². The average molecular weight is 269 g/mol. The van der Waals surface area contributed by atoms with E-state index in [0.29, 0.717) is 29.5 Å². The largest absolute Gasteiger partial charge is 0.392 e. The zero-order valence-electron chi connectivity index (χ0n) is 10.7. The Labute approximate surface area is 108 Å². The molecule has 18 heavy (non-hydrogen) atoms. The van der Waals surface area contributed by atoms with E-state index in [9.17, 15) is 8.42 Å². The highest BCUT2D eigenvalue weighted by Gasteiger charge is 2.33. The zero-order chi connectivity index (χ0) is 13.3. The van der Waals surface area contributed by atoms with Crippen LogP contribution in [0, 0.1) is 18.8 Å². The van der Waals surface area contributed by atoms with E-state index >= 15 is 0 Å². The first-order valence-electron chi connectivity index (χ1n) is 6.14. The molecule has 2 unspecified atom stereocenters. The normalized spacial score (nSPS) is 23.1. The van der Waals surface area contributed by atoms with Gasteiger partial charge in [-0.25, -0.2) is 13.1 Å². The molecule has 1 aromatic carbocycles. The zero-order valence-corrected chi connectivity index (χ0v) is 11.5. The first-order valence-corrected chi connectivity index (χ1v) is 7.63. The molecule has 0 aromatic heterocycles. The topological polar surface area (TPSA) is 66.4 Å². The summed E-state index contributed by atoms with van der Waals surface area (Å²) >= 11 is 0. The first-order chi connectivity index (χ1) is 8.45. The Hall–Kier alpha value is -0.910. The summed E-state index contributed by atoms with van der Waals surface area (Å²) in [6, 6.07) is 4.97. The van der Waals surface area contributed by atoms with Gasteiger partial charge >= 0.3 is 0 Å². The van der Waals surface area contributed by atoms with Gasteiger partial charge in [-0.15, -0.1) is 0 Å². The summed E-state index contributed by atoms with van der Waals surface area (Å²) in [7, 11) is -3.46. The third kappa shape index (κ3) is 2.74. The van der Waals surface area contributed by atoms with Gasteiger partial charge in [-0.2, -0.15) is 0 Å². The minimum Gasteiger partial charge on any atom is -0.392 e. The minimum atomic E-state index is -3.46. The van der Waals surface area contributed by atoms with E-state index in [1.807, 2.05) is 0 Å². The third-order valence-electron chi connectivity index (χ3n) is 3.67. The Morgan fingerprint density at radius 2 is 2.11 bits per heavy atom. The lowest BCUT2D eigenvalue weighted by molar-refractivity contribution is 0.280. The lowest BCUT2D eigenvalue weighted by atomic mass is 10.1. The standard InChI is InChI=1S/C13H19NO3S/c1-9-6-12(9)7-14-18(16,17)13-5-3-4-11(8-15)10(13)2/h3-5,9,12,14-15H,6-8H2,1-2H3. The van der Waals surface area contributed by atoms with Crippen molar-refractivity contribution in [3.63, 3.8) is 0 Å². The summed E-state index contributed by atoms with van der Waals surface area (Å²) in [5, 5.41) is 9.16. The summed E-state index contributed by atoms with van der Waals surface area (Å²) in [6.07, 6.45) is 1.10. The minimum absolute atomic E-state index is 0.144. The number of hydrogen-bond donors (Lipinski definition) is 2. The van der Waals surface area contributed by atoms with Gasteiger partial charge in [0.1, 0.15) is 0 Å². The maximum atomic E-state index is 12.2. The smallest absolute Gasteiger partial charge is 0.240 e. The van der Waals surface area contributed by atoms with Crippen LogP contribution in [-0.4, -0.2) is 20.1 Å². The molecule has 4 nitrogen and oxygen atoms in total. The van der Waals surface area contributed by atoms with Crippen molar-refractivity contribution >= 4 is 10.0 Å². The summed E-state index contributed by atoms with van der Waals surface area (Å²) in [4.78, 5) is 0.266. The molecule has 0 bridgehead atoms. The Bertz CT molecular complexity index is 539. The molecule has 2 rings (SSSR count). The average Bonchev–Trinajstić information content (AvgIpc) is 3.03. The number of nitrogens with one attached hydrogen (secondary N) is 1. The molecule has 0 spiro atoms. The molecule has 1 fully saturated rings. The molecular formula is C13H19NO3S. The van der Waals surface area contributed by atoms with Crippen molar-refractivity contribution < 1.29 is 13.5 Å². The van der Waals surface area contributed by atoms with Gasteiger partial charge in [-0.3, -0.25) is 0 Å². The summed E-state index contributed by atoms with van der Waals surface area (Å²) in [5.41, 5.74) is 1.27. The van der Waals surface area contributed by atoms with Crippen molar-refractivity contribution in [2.24, 2.45) is 11.8 Å². The van der Waals surface area contributed by atoms with Crippen molar-refractivity contribution in [1.29, 1.82) is 0 Å². The SMILES string of the molecule is Cc1c(CO)cccc1S(=O)(=O)NCC1CC1C. The highest BCUT2D eigenvalue weighted by molar-refractivity contribution is 7.89. The fourth-order valence-corrected chi connectivity index (χ4v) is 3.48. The molecule has 1 saturated carbocycles. The van der Waals surface area contributed by atoms with Crippen LogP contribution in [0.1, 0.15) is 24.5 Å². The van der Waals surface area contributed by atoms with E-state index in [-0.39, 0.29) is 11.5 Å². The van der Waals surface area contributed by atoms with E-state index in [1.54, 1.807) is 25.1 Å². The molecule has 0 saturated heterocycles. The highest BCUT2D eigenvalue weighted by Crippen LogP contribution is 2.37. The molecule has 2 atom stereocenters. The number of hydrogen-bond acceptors (Lipinski definition) is 3. The van der Waals surface area contributed by atoms with Gasteiger partial charge in [0.25, 0.3) is 0 Å². The Morgan fingerprint density at radius 3 is 2.67 bits per heavy atom. The number of benzene rings is 1. The lowest BCUT2D eigenvalue weighted by Gasteiger charge is -2.11. The first kappa shape index (κ1) is 13.5. The van der Waals surface area contributed by atoms with E-state index in [0.717, 1.165) is 6.42 Å². The van der Waals surface area contributed by atoms with E-state index < -0.39 is 10.0 Å². The number of aliphatic hydroxyl groups excluding tert-OH is 1. The Kier molecular flexibility index (Phi) is 3.75. The maximum absolute atomic E-state index is 12.2. The van der Waals surface area contributed by atoms with Crippen LogP contribution in [0.2, 0.25) is 0 Å². The predicted molar refractivity (Wildman–Crippen MR) is 69.6 cm³/mol. The monoisotopic (exact) mass is 269 g/mol. The molecule has 1 aromatic rings. The number of aliphatic hydroxyl groups is 1. The fraction of sp³-hybridized carbons (Fsp3) is 0.538. The Morgan fingerprint density at radius 1 is 1.44 bits per heavy atom. The molecule has 2 N–H and O–H groups in total. The van der Waals surface area contributed by atoms with Crippen LogP contribution in [0.5, 0.6) is 0 Å². The molecular weight excluding hydrogens is 250 g/mol. The van der Waals surface area contributed by atoms with E-state index in [4.69, 9.17) is 5.11 Å². The maximum Gasteiger partial charge on any atom is 0.240 e. The van der Waals surface area contributed by atoms with Gasteiger partial charge in [-0.05, 0) is 42.4 Å². The summed E-state index contributed by atoms with van der Waals surface area (Å²) < 4.78 is 27.0. The van der Waals surface area contributed by atoms with Crippen LogP contribution >= 0.6 is 0 Å². The fourth-order valence-electron chi connectivity index (χ4n) is 2.10. The molecule has 0 radical (unpaired) electrons. The lowest BCUT2D eigenvalue weighted by Crippen LogP contribution is -2.27. The van der Waals surface area contributed by atoms with Gasteiger partial charge in [0.2, 0.25) is 10.0 Å². The van der Waals surface area contributed by atoms with Crippen LogP contribution in [-0.2, 0) is 16.6 Å². The van der Waals surface area contributed by atoms with Gasteiger partial charge in [0.15, 0.2) is 0 Å². The van der Waals surface area contributed by atoms with Gasteiger partial charge in [-0.1, -0.05) is 19.1 Å². The summed E-state index contributed by atoms with van der Waals surface area (Å²) in [6.45, 7) is 4.21. The van der Waals surface area contributed by atoms with Crippen molar-refractivity contribution in [3.05, 3.63) is 29.3 Å². The quantitative estimate of drug-likeness (QED) is 0.849. The number of sulfonamides is 1. The van der Waals surface area contributed by atoms with Crippen molar-refractivity contribution in [2.45, 2.75) is 31.8 Å². The molecule has 1 aliphatic carbocycles. The van der Waals surface area contributed by atoms with Crippen molar-refractivity contribution in [2.75, 3.05) is 6.54 Å². The molecule has 0 aliphatic heterocycles. The molecule has 0 heterocycles. The van der Waals surface area contributed by atoms with Crippen LogP contribution in [0.25, 0.3) is 0 Å². The van der Waals surface area contributed by atoms with E-state index in [2.05, 4.69) is 11.6 Å². The highest BCUT2D eigenvalue weighted by atomic mass is 32.2. The van der Waals surface area contributed by atoms with Gasteiger partial charge in [0, 0.05) is 6.54 Å². The summed E-state index contributed by atoms with van der Waals surface area (Å²) in [5.74, 6) is 1.10. The predicted octanol–water partition coefficient (Wildman–Crippen LogP) is 1.42. The second kappa shape index (κ2) is 4.99. The van der Waals surface area contributed by atoms with Crippen LogP contribution in [0.3, 0.4) is 0 Å². The third-order valence-corrected chi connectivity index (χ3v) is 5.24. The molecule has 0 amide bonds. The second-order valence-electron chi connectivity index (χ2n) is 5.02. The van der Waals surface area contributed by atoms with Gasteiger partial charge < -0.3 is 5.11 Å². The molecule has 5 heteroatoms. The van der Waals surface area contributed by atoms with E-state index in [1.165, 1.54) is 0 Å². The molecule has 100 valence electrons. The van der Waals surface area contributed by atoms with Gasteiger partial charge in [0.05, 0.1) is 11.5 Å². The van der Waals surface area contributed by atoms with Crippen LogP contribution in [0.4, 0.5) is 0 Å². The number of rotatable bonds is 5. The van der Waals surface area contributed by atoms with Crippen LogP contribution in [0.15, 0.2) is 23.1 Å². The Balaban J connectivity index is 2.18. The molecule has 1 aliphatic rings. The van der Waals surface area contributed by atoms with Crippen molar-refractivity contribution in [3.8, 4) is 0 Å². The van der Waals surface area contributed by atoms with Crippen LogP contribution < -0.4 is 4.72 Å².